The van der Waals surface area contributed by atoms with Gasteiger partial charge in [-0.2, -0.15) is 0 Å². The number of amides is 2. The number of aryl methyl sites for hydroxylation is 1. The van der Waals surface area contributed by atoms with E-state index >= 15 is 0 Å². The average molecular weight is 278 g/mol. The predicted molar refractivity (Wildman–Crippen MR) is 79.3 cm³/mol. The van der Waals surface area contributed by atoms with Crippen molar-refractivity contribution < 1.29 is 14.7 Å². The normalized spacial score (nSPS) is 11.8. The van der Waals surface area contributed by atoms with Crippen molar-refractivity contribution in [3.63, 3.8) is 0 Å². The minimum Gasteiger partial charge on any atom is -0.478 e. The smallest absolute Gasteiger partial charge is 0.335 e. The molecule has 0 aromatic heterocycles. The van der Waals surface area contributed by atoms with Gasteiger partial charge in [-0.25, -0.2) is 9.59 Å². The molecule has 0 saturated carbocycles. The second kappa shape index (κ2) is 7.53. The number of aromatic carboxylic acids is 1. The molecule has 0 bridgehead atoms. The molecule has 5 nitrogen and oxygen atoms in total. The number of carbonyl (C=O) groups is 2. The zero-order chi connectivity index (χ0) is 15.1. The third kappa shape index (κ3) is 4.57. The van der Waals surface area contributed by atoms with Crippen molar-refractivity contribution in [2.24, 2.45) is 0 Å². The molecule has 1 unspecified atom stereocenters. The molecule has 0 aliphatic carbocycles. The van der Waals surface area contributed by atoms with Crippen LogP contribution in [-0.4, -0.2) is 23.1 Å². The Balaban J connectivity index is 2.74. The molecule has 0 saturated heterocycles. The maximum atomic E-state index is 11.9. The quantitative estimate of drug-likeness (QED) is 0.746. The molecule has 2 amide bonds. The largest absolute Gasteiger partial charge is 0.478 e. The lowest BCUT2D eigenvalue weighted by Crippen LogP contribution is -2.37. The van der Waals surface area contributed by atoms with E-state index in [0.29, 0.717) is 5.69 Å². The highest BCUT2D eigenvalue weighted by molar-refractivity contribution is 5.94. The number of urea groups is 1. The van der Waals surface area contributed by atoms with Crippen LogP contribution in [0, 0.1) is 6.92 Å². The van der Waals surface area contributed by atoms with Gasteiger partial charge in [-0.15, -0.1) is 0 Å². The van der Waals surface area contributed by atoms with Crippen LogP contribution in [0.3, 0.4) is 0 Å². The lowest BCUT2D eigenvalue weighted by Gasteiger charge is -2.17. The summed E-state index contributed by atoms with van der Waals surface area (Å²) < 4.78 is 0. The molecule has 110 valence electrons. The number of hydrogen-bond donors (Lipinski definition) is 3. The Morgan fingerprint density at radius 1 is 1.30 bits per heavy atom. The Hall–Kier alpha value is -2.04. The summed E-state index contributed by atoms with van der Waals surface area (Å²) in [5, 5.41) is 14.6. The SMILES string of the molecule is CCCC(CC)NC(=O)Nc1cc(C(=O)O)ccc1C. The first-order valence-electron chi connectivity index (χ1n) is 6.89. The van der Waals surface area contributed by atoms with E-state index in [9.17, 15) is 9.59 Å². The second-order valence-corrected chi connectivity index (χ2v) is 4.83. The van der Waals surface area contributed by atoms with Gasteiger partial charge in [0.2, 0.25) is 0 Å². The predicted octanol–water partition coefficient (Wildman–Crippen LogP) is 3.39. The summed E-state index contributed by atoms with van der Waals surface area (Å²) in [4.78, 5) is 22.9. The molecule has 20 heavy (non-hydrogen) atoms. The van der Waals surface area contributed by atoms with Gasteiger partial charge in [0.05, 0.1) is 5.56 Å². The van der Waals surface area contributed by atoms with E-state index in [2.05, 4.69) is 17.6 Å². The number of carbonyl (C=O) groups excluding carboxylic acids is 1. The van der Waals surface area contributed by atoms with Crippen molar-refractivity contribution in [3.05, 3.63) is 29.3 Å². The van der Waals surface area contributed by atoms with Crippen LogP contribution in [0.15, 0.2) is 18.2 Å². The van der Waals surface area contributed by atoms with Crippen molar-refractivity contribution in [2.75, 3.05) is 5.32 Å². The summed E-state index contributed by atoms with van der Waals surface area (Å²) >= 11 is 0. The van der Waals surface area contributed by atoms with E-state index in [0.717, 1.165) is 24.8 Å². The van der Waals surface area contributed by atoms with Gasteiger partial charge in [0.1, 0.15) is 0 Å². The fourth-order valence-electron chi connectivity index (χ4n) is 1.96. The number of carboxylic acids is 1. The van der Waals surface area contributed by atoms with Crippen molar-refractivity contribution in [1.82, 2.24) is 5.32 Å². The average Bonchev–Trinajstić information content (AvgIpc) is 2.40. The van der Waals surface area contributed by atoms with Gasteiger partial charge < -0.3 is 15.7 Å². The second-order valence-electron chi connectivity index (χ2n) is 4.83. The Labute approximate surface area is 119 Å². The molecule has 0 heterocycles. The lowest BCUT2D eigenvalue weighted by molar-refractivity contribution is 0.0697. The maximum absolute atomic E-state index is 11.9. The van der Waals surface area contributed by atoms with Crippen LogP contribution in [0.25, 0.3) is 0 Å². The van der Waals surface area contributed by atoms with Crippen LogP contribution >= 0.6 is 0 Å². The summed E-state index contributed by atoms with van der Waals surface area (Å²) in [6.45, 7) is 5.92. The molecule has 0 spiro atoms. The maximum Gasteiger partial charge on any atom is 0.335 e. The van der Waals surface area contributed by atoms with Crippen LogP contribution in [0.1, 0.15) is 49.0 Å². The lowest BCUT2D eigenvalue weighted by atomic mass is 10.1. The first-order valence-corrected chi connectivity index (χ1v) is 6.89. The molecule has 0 aliphatic rings. The van der Waals surface area contributed by atoms with E-state index in [-0.39, 0.29) is 17.6 Å². The molecular formula is C15H22N2O3. The summed E-state index contributed by atoms with van der Waals surface area (Å²) in [6, 6.07) is 4.52. The van der Waals surface area contributed by atoms with E-state index < -0.39 is 5.97 Å². The molecule has 0 radical (unpaired) electrons. The van der Waals surface area contributed by atoms with E-state index in [4.69, 9.17) is 5.11 Å². The molecular weight excluding hydrogens is 256 g/mol. The third-order valence-corrected chi connectivity index (χ3v) is 3.20. The van der Waals surface area contributed by atoms with Gasteiger partial charge in [-0.1, -0.05) is 26.3 Å². The number of rotatable bonds is 6. The monoisotopic (exact) mass is 278 g/mol. The van der Waals surface area contributed by atoms with Gasteiger partial charge in [0.15, 0.2) is 0 Å². The number of nitrogens with one attached hydrogen (secondary N) is 2. The molecule has 1 atom stereocenters. The minimum atomic E-state index is -1.01. The van der Waals surface area contributed by atoms with Crippen molar-refractivity contribution in [2.45, 2.75) is 46.1 Å². The molecule has 0 fully saturated rings. The number of carboxylic acid groups (broad SMARTS) is 1. The summed E-state index contributed by atoms with van der Waals surface area (Å²) in [6.07, 6.45) is 2.81. The zero-order valence-electron chi connectivity index (χ0n) is 12.2. The Kier molecular flexibility index (Phi) is 6.03. The van der Waals surface area contributed by atoms with E-state index in [1.54, 1.807) is 6.07 Å². The number of hydrogen-bond acceptors (Lipinski definition) is 2. The molecule has 1 aromatic carbocycles. The fraction of sp³-hybridized carbons (Fsp3) is 0.467. The zero-order valence-corrected chi connectivity index (χ0v) is 12.2. The molecule has 5 heteroatoms. The van der Waals surface area contributed by atoms with Gasteiger partial charge >= 0.3 is 12.0 Å². The standard InChI is InChI=1S/C15H22N2O3/c1-4-6-12(5-2)16-15(20)17-13-9-11(14(18)19)8-7-10(13)3/h7-9,12H,4-6H2,1-3H3,(H,18,19)(H2,16,17,20). The third-order valence-electron chi connectivity index (χ3n) is 3.20. The van der Waals surface area contributed by atoms with Crippen LogP contribution in [-0.2, 0) is 0 Å². The van der Waals surface area contributed by atoms with Crippen LogP contribution in [0.2, 0.25) is 0 Å². The van der Waals surface area contributed by atoms with Gasteiger partial charge in [0.25, 0.3) is 0 Å². The van der Waals surface area contributed by atoms with Crippen LogP contribution < -0.4 is 10.6 Å². The van der Waals surface area contributed by atoms with E-state index in [1.165, 1.54) is 12.1 Å². The first-order chi connectivity index (χ1) is 9.47. The number of anilines is 1. The molecule has 1 rings (SSSR count). The minimum absolute atomic E-state index is 0.142. The summed E-state index contributed by atoms with van der Waals surface area (Å²) in [7, 11) is 0. The molecule has 3 N–H and O–H groups in total. The van der Waals surface area contributed by atoms with Crippen LogP contribution in [0.4, 0.5) is 10.5 Å². The Morgan fingerprint density at radius 3 is 2.55 bits per heavy atom. The van der Waals surface area contributed by atoms with Crippen molar-refractivity contribution in [1.29, 1.82) is 0 Å². The fourth-order valence-corrected chi connectivity index (χ4v) is 1.96. The molecule has 1 aromatic rings. The topological polar surface area (TPSA) is 78.4 Å². The molecule has 0 aliphatic heterocycles. The Bertz CT molecular complexity index is 486. The highest BCUT2D eigenvalue weighted by atomic mass is 16.4. The van der Waals surface area contributed by atoms with Crippen molar-refractivity contribution >= 4 is 17.7 Å². The highest BCUT2D eigenvalue weighted by Crippen LogP contribution is 2.17. The van der Waals surface area contributed by atoms with Crippen LogP contribution in [0.5, 0.6) is 0 Å². The summed E-state index contributed by atoms with van der Waals surface area (Å²) in [5.74, 6) is -1.01. The van der Waals surface area contributed by atoms with Gasteiger partial charge in [-0.05, 0) is 37.5 Å². The summed E-state index contributed by atoms with van der Waals surface area (Å²) in [5.41, 5.74) is 1.51. The van der Waals surface area contributed by atoms with E-state index in [1.807, 2.05) is 13.8 Å². The number of benzene rings is 1. The first kappa shape index (κ1) is 16.0. The van der Waals surface area contributed by atoms with Gasteiger partial charge in [-0.3, -0.25) is 0 Å². The highest BCUT2D eigenvalue weighted by Gasteiger charge is 2.12. The Morgan fingerprint density at radius 2 is 2.00 bits per heavy atom. The van der Waals surface area contributed by atoms with Gasteiger partial charge in [0, 0.05) is 11.7 Å². The van der Waals surface area contributed by atoms with Crippen molar-refractivity contribution in [3.8, 4) is 0 Å².